The number of ether oxygens (including phenoxy) is 2. The molecule has 0 radical (unpaired) electrons. The van der Waals surface area contributed by atoms with Gasteiger partial charge in [-0.05, 0) is 25.1 Å². The lowest BCUT2D eigenvalue weighted by atomic mass is 10.3. The Morgan fingerprint density at radius 2 is 2.21 bits per heavy atom. The fourth-order valence-electron chi connectivity index (χ4n) is 1.61. The number of aliphatic hydroxyl groups excluding tert-OH is 1. The Labute approximate surface area is 115 Å². The van der Waals surface area contributed by atoms with Gasteiger partial charge in [-0.1, -0.05) is 16.8 Å². The Kier molecular flexibility index (Phi) is 4.36. The highest BCUT2D eigenvalue weighted by atomic mass is 35.5. The Bertz CT molecular complexity index is 571. The molecule has 0 aliphatic heterocycles. The predicted octanol–water partition coefficient (Wildman–Crippen LogP) is 1.70. The van der Waals surface area contributed by atoms with Crippen molar-refractivity contribution in [2.45, 2.75) is 13.5 Å². The van der Waals surface area contributed by atoms with Crippen LogP contribution in [-0.2, 0) is 11.3 Å². The van der Waals surface area contributed by atoms with E-state index in [2.05, 4.69) is 10.3 Å². The average Bonchev–Trinajstić information content (AvgIpc) is 2.78. The zero-order chi connectivity index (χ0) is 13.8. The summed E-state index contributed by atoms with van der Waals surface area (Å²) < 4.78 is 11.7. The number of aliphatic hydroxyl groups is 1. The largest absolute Gasteiger partial charge is 0.466 e. The molecule has 102 valence electrons. The van der Waals surface area contributed by atoms with Gasteiger partial charge in [0.2, 0.25) is 0 Å². The van der Waals surface area contributed by atoms with Crippen LogP contribution in [0, 0.1) is 6.92 Å². The Morgan fingerprint density at radius 1 is 1.42 bits per heavy atom. The molecule has 0 aliphatic carbocycles. The molecule has 1 aromatic heterocycles. The lowest BCUT2D eigenvalue weighted by Gasteiger charge is -2.09. The smallest absolute Gasteiger partial charge is 0.188 e. The van der Waals surface area contributed by atoms with Crippen LogP contribution in [0.2, 0.25) is 5.02 Å². The lowest BCUT2D eigenvalue weighted by molar-refractivity contribution is 0.0512. The topological polar surface area (TPSA) is 69.4 Å². The van der Waals surface area contributed by atoms with E-state index in [0.29, 0.717) is 16.5 Å². The van der Waals surface area contributed by atoms with Gasteiger partial charge in [0.05, 0.1) is 23.0 Å². The average molecular weight is 284 g/mol. The van der Waals surface area contributed by atoms with Crippen LogP contribution >= 0.6 is 11.6 Å². The Balaban J connectivity index is 2.30. The van der Waals surface area contributed by atoms with Crippen molar-refractivity contribution in [3.8, 4) is 11.4 Å². The van der Waals surface area contributed by atoms with Crippen molar-refractivity contribution in [1.82, 2.24) is 15.0 Å². The number of nitrogens with zero attached hydrogens (tertiary/aromatic N) is 3. The van der Waals surface area contributed by atoms with E-state index in [-0.39, 0.29) is 13.4 Å². The van der Waals surface area contributed by atoms with Gasteiger partial charge in [0, 0.05) is 7.11 Å². The van der Waals surface area contributed by atoms with Crippen molar-refractivity contribution < 1.29 is 14.6 Å². The molecule has 7 heteroatoms. The Hall–Kier alpha value is -1.63. The highest BCUT2D eigenvalue weighted by Gasteiger charge is 2.11. The number of benzene rings is 1. The molecule has 6 nitrogen and oxygen atoms in total. The van der Waals surface area contributed by atoms with Gasteiger partial charge in [-0.15, -0.1) is 5.10 Å². The van der Waals surface area contributed by atoms with Gasteiger partial charge >= 0.3 is 0 Å². The van der Waals surface area contributed by atoms with Gasteiger partial charge in [0.15, 0.2) is 6.79 Å². The molecule has 2 rings (SSSR count). The molecule has 1 aromatic carbocycles. The van der Waals surface area contributed by atoms with Gasteiger partial charge in [-0.25, -0.2) is 4.68 Å². The van der Waals surface area contributed by atoms with Crippen LogP contribution in [-0.4, -0.2) is 34.0 Å². The van der Waals surface area contributed by atoms with Crippen LogP contribution in [0.25, 0.3) is 5.69 Å². The first-order chi connectivity index (χ1) is 9.17. The molecule has 0 fully saturated rings. The minimum Gasteiger partial charge on any atom is -0.466 e. The van der Waals surface area contributed by atoms with Gasteiger partial charge in [-0.2, -0.15) is 0 Å². The van der Waals surface area contributed by atoms with E-state index < -0.39 is 0 Å². The molecule has 0 saturated heterocycles. The summed E-state index contributed by atoms with van der Waals surface area (Å²) in [5.41, 5.74) is 2.06. The third-order valence-electron chi connectivity index (χ3n) is 2.63. The monoisotopic (exact) mass is 283 g/mol. The summed E-state index contributed by atoms with van der Waals surface area (Å²) >= 11 is 6.12. The second-order valence-electron chi connectivity index (χ2n) is 3.86. The molecule has 19 heavy (non-hydrogen) atoms. The molecule has 0 bridgehead atoms. The van der Waals surface area contributed by atoms with Crippen molar-refractivity contribution in [3.05, 3.63) is 34.6 Å². The molecule has 2 aromatic rings. The number of halogens is 1. The highest BCUT2D eigenvalue weighted by molar-refractivity contribution is 6.32. The molecule has 0 saturated carbocycles. The SMILES string of the molecule is COCOc1ccc(-n2nnc(CO)c2C)cc1Cl. The maximum atomic E-state index is 9.10. The van der Waals surface area contributed by atoms with E-state index >= 15 is 0 Å². The van der Waals surface area contributed by atoms with E-state index in [1.807, 2.05) is 6.92 Å². The summed E-state index contributed by atoms with van der Waals surface area (Å²) in [6, 6.07) is 5.26. The number of rotatable bonds is 5. The van der Waals surface area contributed by atoms with Crippen LogP contribution < -0.4 is 4.74 Å². The zero-order valence-electron chi connectivity index (χ0n) is 10.6. The minimum atomic E-state index is -0.144. The first kappa shape index (κ1) is 13.8. The van der Waals surface area contributed by atoms with E-state index in [4.69, 9.17) is 26.2 Å². The number of aromatic nitrogens is 3. The minimum absolute atomic E-state index is 0.135. The number of hydrogen-bond acceptors (Lipinski definition) is 5. The molecule has 0 unspecified atom stereocenters. The van der Waals surface area contributed by atoms with Crippen LogP contribution in [0.1, 0.15) is 11.4 Å². The maximum Gasteiger partial charge on any atom is 0.188 e. The summed E-state index contributed by atoms with van der Waals surface area (Å²) in [4.78, 5) is 0. The second kappa shape index (κ2) is 6.01. The fraction of sp³-hybridized carbons (Fsp3) is 0.333. The molecule has 0 atom stereocenters. The van der Waals surface area contributed by atoms with Crippen molar-refractivity contribution in [1.29, 1.82) is 0 Å². The van der Waals surface area contributed by atoms with E-state index in [0.717, 1.165) is 11.4 Å². The quantitative estimate of drug-likeness (QED) is 0.846. The summed E-state index contributed by atoms with van der Waals surface area (Å²) in [5, 5.41) is 17.4. The van der Waals surface area contributed by atoms with E-state index in [9.17, 15) is 0 Å². The molecule has 0 amide bonds. The lowest BCUT2D eigenvalue weighted by Crippen LogP contribution is -2.02. The molecule has 0 aliphatic rings. The van der Waals surface area contributed by atoms with Crippen molar-refractivity contribution >= 4 is 11.6 Å². The van der Waals surface area contributed by atoms with Gasteiger partial charge < -0.3 is 14.6 Å². The summed E-state index contributed by atoms with van der Waals surface area (Å²) in [7, 11) is 1.54. The summed E-state index contributed by atoms with van der Waals surface area (Å²) in [6.45, 7) is 1.82. The van der Waals surface area contributed by atoms with Crippen LogP contribution in [0.4, 0.5) is 0 Å². The summed E-state index contributed by atoms with van der Waals surface area (Å²) in [6.07, 6.45) is 0. The van der Waals surface area contributed by atoms with E-state index in [1.54, 1.807) is 22.9 Å². The van der Waals surface area contributed by atoms with Crippen LogP contribution in [0.15, 0.2) is 18.2 Å². The molecule has 1 N–H and O–H groups in total. The third kappa shape index (κ3) is 2.86. The number of hydrogen-bond donors (Lipinski definition) is 1. The molecule has 0 spiro atoms. The summed E-state index contributed by atoms with van der Waals surface area (Å²) in [5.74, 6) is 0.535. The first-order valence-electron chi connectivity index (χ1n) is 5.61. The molecular weight excluding hydrogens is 270 g/mol. The standard InChI is InChI=1S/C12H14ClN3O3/c1-8-11(6-17)14-15-16(8)9-3-4-12(10(13)5-9)19-7-18-2/h3-5,17H,6-7H2,1-2H3. The molecule has 1 heterocycles. The fourth-order valence-corrected chi connectivity index (χ4v) is 1.84. The number of methoxy groups -OCH3 is 1. The van der Waals surface area contributed by atoms with E-state index in [1.165, 1.54) is 7.11 Å². The first-order valence-corrected chi connectivity index (χ1v) is 5.99. The van der Waals surface area contributed by atoms with Crippen molar-refractivity contribution in [2.24, 2.45) is 0 Å². The second-order valence-corrected chi connectivity index (χ2v) is 4.26. The normalized spacial score (nSPS) is 10.7. The van der Waals surface area contributed by atoms with Crippen LogP contribution in [0.5, 0.6) is 5.75 Å². The highest BCUT2D eigenvalue weighted by Crippen LogP contribution is 2.27. The predicted molar refractivity (Wildman–Crippen MR) is 69.5 cm³/mol. The van der Waals surface area contributed by atoms with Gasteiger partial charge in [0.25, 0.3) is 0 Å². The van der Waals surface area contributed by atoms with Gasteiger partial charge in [-0.3, -0.25) is 0 Å². The third-order valence-corrected chi connectivity index (χ3v) is 2.93. The Morgan fingerprint density at radius 3 is 2.79 bits per heavy atom. The van der Waals surface area contributed by atoms with Crippen molar-refractivity contribution in [2.75, 3.05) is 13.9 Å². The van der Waals surface area contributed by atoms with Gasteiger partial charge in [0.1, 0.15) is 11.4 Å². The zero-order valence-corrected chi connectivity index (χ0v) is 11.4. The maximum absolute atomic E-state index is 9.10. The van der Waals surface area contributed by atoms with Crippen molar-refractivity contribution in [3.63, 3.8) is 0 Å². The molecular formula is C12H14ClN3O3. The van der Waals surface area contributed by atoms with Crippen LogP contribution in [0.3, 0.4) is 0 Å².